The van der Waals surface area contributed by atoms with Gasteiger partial charge in [0.1, 0.15) is 11.8 Å². The van der Waals surface area contributed by atoms with Gasteiger partial charge in [-0.05, 0) is 18.1 Å². The highest BCUT2D eigenvalue weighted by Gasteiger charge is 2.06. The van der Waals surface area contributed by atoms with Crippen LogP contribution in [0.25, 0.3) is 0 Å². The van der Waals surface area contributed by atoms with Crippen molar-refractivity contribution in [1.82, 2.24) is 5.32 Å². The van der Waals surface area contributed by atoms with Crippen LogP contribution in [0.5, 0.6) is 5.75 Å². The molecule has 5 nitrogen and oxygen atoms in total. The highest BCUT2D eigenvalue weighted by Crippen LogP contribution is 2.21. The van der Waals surface area contributed by atoms with E-state index in [1.807, 2.05) is 13.8 Å². The van der Waals surface area contributed by atoms with Crippen LogP contribution in [-0.4, -0.2) is 26.1 Å². The molecule has 0 saturated heterocycles. The zero-order valence-corrected chi connectivity index (χ0v) is 12.2. The van der Waals surface area contributed by atoms with E-state index in [2.05, 4.69) is 16.7 Å². The zero-order chi connectivity index (χ0) is 15.0. The number of hydrogen-bond acceptors (Lipinski definition) is 4. The van der Waals surface area contributed by atoms with E-state index in [0.29, 0.717) is 42.4 Å². The fraction of sp³-hybridized carbons (Fsp3) is 0.467. The Balaban J connectivity index is 2.49. The van der Waals surface area contributed by atoms with Gasteiger partial charge in [0.05, 0.1) is 18.4 Å². The number of methoxy groups -OCH3 is 1. The van der Waals surface area contributed by atoms with Crippen LogP contribution in [0.15, 0.2) is 18.2 Å². The summed E-state index contributed by atoms with van der Waals surface area (Å²) in [4.78, 5) is 11.6. The minimum atomic E-state index is 0.00704. The maximum atomic E-state index is 11.6. The summed E-state index contributed by atoms with van der Waals surface area (Å²) < 4.78 is 5.12. The number of hydrogen-bond donors (Lipinski definition) is 2. The van der Waals surface area contributed by atoms with Crippen LogP contribution in [0.4, 0.5) is 5.69 Å². The Bertz CT molecular complexity index is 492. The van der Waals surface area contributed by atoms with Crippen molar-refractivity contribution in [1.29, 1.82) is 5.26 Å². The maximum Gasteiger partial charge on any atom is 0.221 e. The predicted molar refractivity (Wildman–Crippen MR) is 78.7 cm³/mol. The van der Waals surface area contributed by atoms with Crippen molar-refractivity contribution in [3.8, 4) is 11.8 Å². The summed E-state index contributed by atoms with van der Waals surface area (Å²) in [7, 11) is 1.57. The summed E-state index contributed by atoms with van der Waals surface area (Å²) >= 11 is 0. The highest BCUT2D eigenvalue weighted by molar-refractivity contribution is 5.76. The van der Waals surface area contributed by atoms with Gasteiger partial charge in [-0.15, -0.1) is 0 Å². The molecule has 0 atom stereocenters. The summed E-state index contributed by atoms with van der Waals surface area (Å²) in [5.74, 6) is 1.12. The zero-order valence-electron chi connectivity index (χ0n) is 12.2. The number of carbonyl (C=O) groups is 1. The first-order valence-corrected chi connectivity index (χ1v) is 6.65. The van der Waals surface area contributed by atoms with Gasteiger partial charge in [0.25, 0.3) is 0 Å². The molecule has 0 spiro atoms. The molecule has 1 aromatic rings. The quantitative estimate of drug-likeness (QED) is 0.799. The number of ether oxygens (including phenoxy) is 1. The number of benzene rings is 1. The second-order valence-corrected chi connectivity index (χ2v) is 4.90. The molecule has 0 aliphatic carbocycles. The van der Waals surface area contributed by atoms with E-state index in [1.54, 1.807) is 25.3 Å². The number of nitrogens with one attached hydrogen (secondary N) is 2. The van der Waals surface area contributed by atoms with Crippen LogP contribution < -0.4 is 15.4 Å². The number of nitriles is 1. The smallest absolute Gasteiger partial charge is 0.221 e. The second kappa shape index (κ2) is 8.05. The lowest BCUT2D eigenvalue weighted by Crippen LogP contribution is -2.28. The van der Waals surface area contributed by atoms with Gasteiger partial charge in [0.2, 0.25) is 5.91 Å². The molecule has 5 heteroatoms. The molecule has 0 aliphatic rings. The molecular formula is C15H21N3O2. The highest BCUT2D eigenvalue weighted by atomic mass is 16.5. The van der Waals surface area contributed by atoms with Crippen molar-refractivity contribution in [3.05, 3.63) is 23.8 Å². The van der Waals surface area contributed by atoms with Crippen LogP contribution in [0.1, 0.15) is 25.8 Å². The maximum absolute atomic E-state index is 11.6. The standard InChI is InChI=1S/C15H21N3O2/c1-11(2)10-18-15(19)6-7-17-14-8-13(20-3)5-4-12(14)9-16/h4-5,8,11,17H,6-7,10H2,1-3H3,(H,18,19). The number of carbonyl (C=O) groups excluding carboxylic acids is 1. The minimum Gasteiger partial charge on any atom is -0.497 e. The number of rotatable bonds is 7. The fourth-order valence-electron chi connectivity index (χ4n) is 1.61. The van der Waals surface area contributed by atoms with Crippen molar-refractivity contribution < 1.29 is 9.53 Å². The molecule has 0 unspecified atom stereocenters. The Hall–Kier alpha value is -2.22. The van der Waals surface area contributed by atoms with Gasteiger partial charge in [-0.1, -0.05) is 13.8 Å². The lowest BCUT2D eigenvalue weighted by atomic mass is 10.2. The predicted octanol–water partition coefficient (Wildman–Crippen LogP) is 2.14. The second-order valence-electron chi connectivity index (χ2n) is 4.90. The van der Waals surface area contributed by atoms with Crippen LogP contribution in [0.3, 0.4) is 0 Å². The first kappa shape index (κ1) is 15.8. The third-order valence-electron chi connectivity index (χ3n) is 2.72. The third kappa shape index (κ3) is 5.19. The molecule has 1 aromatic carbocycles. The topological polar surface area (TPSA) is 74.1 Å². The normalized spacial score (nSPS) is 9.95. The van der Waals surface area contributed by atoms with E-state index in [4.69, 9.17) is 10.00 Å². The summed E-state index contributed by atoms with van der Waals surface area (Å²) in [5.41, 5.74) is 1.22. The number of nitrogens with zero attached hydrogens (tertiary/aromatic N) is 1. The molecule has 0 heterocycles. The summed E-state index contributed by atoms with van der Waals surface area (Å²) in [6, 6.07) is 7.29. The van der Waals surface area contributed by atoms with Crippen molar-refractivity contribution in [3.63, 3.8) is 0 Å². The van der Waals surface area contributed by atoms with Gasteiger partial charge < -0.3 is 15.4 Å². The fourth-order valence-corrected chi connectivity index (χ4v) is 1.61. The molecule has 108 valence electrons. The van der Waals surface area contributed by atoms with Crippen molar-refractivity contribution in [2.45, 2.75) is 20.3 Å². The third-order valence-corrected chi connectivity index (χ3v) is 2.72. The Kier molecular flexibility index (Phi) is 6.38. The van der Waals surface area contributed by atoms with Crippen LogP contribution >= 0.6 is 0 Å². The van der Waals surface area contributed by atoms with Gasteiger partial charge in [-0.3, -0.25) is 4.79 Å². The van der Waals surface area contributed by atoms with E-state index in [9.17, 15) is 4.79 Å². The Morgan fingerprint density at radius 1 is 1.45 bits per heavy atom. The van der Waals surface area contributed by atoms with Gasteiger partial charge in [0, 0.05) is 25.6 Å². The molecule has 1 rings (SSSR count). The lowest BCUT2D eigenvalue weighted by molar-refractivity contribution is -0.120. The van der Waals surface area contributed by atoms with Gasteiger partial charge in [-0.2, -0.15) is 5.26 Å². The average Bonchev–Trinajstić information content (AvgIpc) is 2.45. The molecule has 0 radical (unpaired) electrons. The number of amides is 1. The Morgan fingerprint density at radius 2 is 2.20 bits per heavy atom. The van der Waals surface area contributed by atoms with Gasteiger partial charge in [0.15, 0.2) is 0 Å². The first-order chi connectivity index (χ1) is 9.56. The van der Waals surface area contributed by atoms with Crippen molar-refractivity contribution in [2.75, 3.05) is 25.5 Å². The Labute approximate surface area is 119 Å². The molecule has 0 saturated carbocycles. The molecule has 2 N–H and O–H groups in total. The lowest BCUT2D eigenvalue weighted by Gasteiger charge is -2.11. The summed E-state index contributed by atoms with van der Waals surface area (Å²) in [5, 5.41) is 15.0. The van der Waals surface area contributed by atoms with Crippen molar-refractivity contribution >= 4 is 11.6 Å². The summed E-state index contributed by atoms with van der Waals surface area (Å²) in [6.45, 7) is 5.26. The van der Waals surface area contributed by atoms with Gasteiger partial charge >= 0.3 is 0 Å². The van der Waals surface area contributed by atoms with E-state index in [1.165, 1.54) is 0 Å². The van der Waals surface area contributed by atoms with E-state index in [0.717, 1.165) is 0 Å². The largest absolute Gasteiger partial charge is 0.497 e. The molecule has 0 bridgehead atoms. The van der Waals surface area contributed by atoms with E-state index >= 15 is 0 Å². The molecular weight excluding hydrogens is 254 g/mol. The Morgan fingerprint density at radius 3 is 2.80 bits per heavy atom. The van der Waals surface area contributed by atoms with Crippen LogP contribution in [-0.2, 0) is 4.79 Å². The van der Waals surface area contributed by atoms with E-state index < -0.39 is 0 Å². The van der Waals surface area contributed by atoms with Crippen molar-refractivity contribution in [2.24, 2.45) is 5.92 Å². The molecule has 0 fully saturated rings. The van der Waals surface area contributed by atoms with Crippen LogP contribution in [0.2, 0.25) is 0 Å². The molecule has 0 aliphatic heterocycles. The number of anilines is 1. The monoisotopic (exact) mass is 275 g/mol. The SMILES string of the molecule is COc1ccc(C#N)c(NCCC(=O)NCC(C)C)c1. The van der Waals surface area contributed by atoms with Crippen LogP contribution in [0, 0.1) is 17.2 Å². The molecule has 20 heavy (non-hydrogen) atoms. The average molecular weight is 275 g/mol. The molecule has 0 aromatic heterocycles. The van der Waals surface area contributed by atoms with E-state index in [-0.39, 0.29) is 5.91 Å². The van der Waals surface area contributed by atoms with Gasteiger partial charge in [-0.25, -0.2) is 0 Å². The summed E-state index contributed by atoms with van der Waals surface area (Å²) in [6.07, 6.45) is 0.370. The first-order valence-electron chi connectivity index (χ1n) is 6.65. The minimum absolute atomic E-state index is 0.00704. The molecule has 1 amide bonds.